The molecule has 3 heteroatoms. The Morgan fingerprint density at radius 1 is 1.17 bits per heavy atom. The Hall–Kier alpha value is -1.23. The molecule has 2 nitrogen and oxygen atoms in total. The van der Waals surface area contributed by atoms with Crippen molar-refractivity contribution in [3.8, 4) is 11.5 Å². The van der Waals surface area contributed by atoms with Crippen LogP contribution >= 0.6 is 22.6 Å². The van der Waals surface area contributed by atoms with Gasteiger partial charge in [-0.15, -0.1) is 0 Å². The fourth-order valence-corrected chi connectivity index (χ4v) is 4.75. The molecule has 0 N–H and O–H groups in total. The van der Waals surface area contributed by atoms with E-state index in [1.54, 1.807) is 7.11 Å². The third kappa shape index (κ3) is 2.73. The van der Waals surface area contributed by atoms with Crippen LogP contribution in [0.3, 0.4) is 0 Å². The summed E-state index contributed by atoms with van der Waals surface area (Å²) < 4.78 is 13.0. The summed E-state index contributed by atoms with van der Waals surface area (Å²) in [7, 11) is 1.78. The van der Waals surface area contributed by atoms with Crippen LogP contribution in [0, 0.1) is 5.41 Å². The molecule has 23 heavy (non-hydrogen) atoms. The number of alkyl halides is 1. The van der Waals surface area contributed by atoms with Crippen molar-refractivity contribution >= 4 is 22.6 Å². The molecule has 120 valence electrons. The highest BCUT2D eigenvalue weighted by Crippen LogP contribution is 2.66. The first-order chi connectivity index (χ1) is 11.3. The van der Waals surface area contributed by atoms with Gasteiger partial charge in [-0.05, 0) is 42.5 Å². The molecular weight excluding hydrogens is 399 g/mol. The number of ether oxygens (including phenoxy) is 2. The maximum absolute atomic E-state index is 6.12. The van der Waals surface area contributed by atoms with Gasteiger partial charge in [0.1, 0.15) is 11.5 Å². The average molecular weight is 420 g/mol. The van der Waals surface area contributed by atoms with Gasteiger partial charge in [0.15, 0.2) is 0 Å². The maximum atomic E-state index is 6.12. The lowest BCUT2D eigenvalue weighted by atomic mass is 9.94. The molecule has 1 heterocycles. The number of rotatable bonds is 5. The average Bonchev–Trinajstić information content (AvgIpc) is 3.35. The summed E-state index contributed by atoms with van der Waals surface area (Å²) in [6, 6.07) is 15.1. The van der Waals surface area contributed by atoms with E-state index in [0.717, 1.165) is 35.4 Å². The van der Waals surface area contributed by atoms with Crippen molar-refractivity contribution in [2.45, 2.75) is 25.2 Å². The first-order valence-electron chi connectivity index (χ1n) is 8.19. The van der Waals surface area contributed by atoms with Crippen molar-refractivity contribution in [3.63, 3.8) is 0 Å². The standard InChI is InChI=1S/C20H21IO2/c1-22-17-9-15(8-7-14-5-3-2-4-6-14)10-18-19(17)16-11-20(16,12-21)13-23-18/h2-6,9-10,16H,7-8,11-13H2,1H3/t16-,20-/m1/s1. The SMILES string of the molecule is COc1cc(CCc2ccccc2)cc2c1[C@H]1C[C@@]1(CI)CO2. The lowest BCUT2D eigenvalue weighted by molar-refractivity contribution is 0.225. The van der Waals surface area contributed by atoms with Crippen LogP contribution < -0.4 is 9.47 Å². The largest absolute Gasteiger partial charge is 0.496 e. The van der Waals surface area contributed by atoms with Gasteiger partial charge in [0.2, 0.25) is 0 Å². The molecule has 2 aliphatic rings. The smallest absolute Gasteiger partial charge is 0.126 e. The number of halogens is 1. The van der Waals surface area contributed by atoms with Crippen molar-refractivity contribution in [1.29, 1.82) is 0 Å². The summed E-state index contributed by atoms with van der Waals surface area (Å²) in [6.45, 7) is 0.860. The van der Waals surface area contributed by atoms with Crippen molar-refractivity contribution in [3.05, 3.63) is 59.2 Å². The molecule has 1 aliphatic heterocycles. The van der Waals surface area contributed by atoms with E-state index in [-0.39, 0.29) is 0 Å². The molecule has 0 saturated heterocycles. The Kier molecular flexibility index (Phi) is 4.00. The minimum atomic E-state index is 0.367. The van der Waals surface area contributed by atoms with Crippen molar-refractivity contribution in [1.82, 2.24) is 0 Å². The van der Waals surface area contributed by atoms with Crippen LogP contribution in [-0.2, 0) is 12.8 Å². The second-order valence-electron chi connectivity index (χ2n) is 6.74. The number of aryl methyl sites for hydroxylation is 2. The Balaban J connectivity index is 1.59. The zero-order chi connectivity index (χ0) is 15.9. The van der Waals surface area contributed by atoms with E-state index in [4.69, 9.17) is 9.47 Å². The van der Waals surface area contributed by atoms with Crippen molar-refractivity contribution < 1.29 is 9.47 Å². The molecule has 0 unspecified atom stereocenters. The Morgan fingerprint density at radius 3 is 2.70 bits per heavy atom. The monoisotopic (exact) mass is 420 g/mol. The van der Waals surface area contributed by atoms with Crippen LogP contribution in [0.25, 0.3) is 0 Å². The van der Waals surface area contributed by atoms with Gasteiger partial charge < -0.3 is 9.47 Å². The first kappa shape index (κ1) is 15.3. The molecule has 1 saturated carbocycles. The van der Waals surface area contributed by atoms with E-state index < -0.39 is 0 Å². The molecule has 2 aromatic rings. The predicted molar refractivity (Wildman–Crippen MR) is 101 cm³/mol. The van der Waals surface area contributed by atoms with E-state index in [1.165, 1.54) is 23.1 Å². The minimum Gasteiger partial charge on any atom is -0.496 e. The van der Waals surface area contributed by atoms with Gasteiger partial charge in [-0.2, -0.15) is 0 Å². The quantitative estimate of drug-likeness (QED) is 0.512. The van der Waals surface area contributed by atoms with Gasteiger partial charge in [-0.25, -0.2) is 0 Å². The molecule has 1 fully saturated rings. The van der Waals surface area contributed by atoms with Crippen LogP contribution in [0.15, 0.2) is 42.5 Å². The van der Waals surface area contributed by atoms with Crippen LogP contribution in [-0.4, -0.2) is 18.1 Å². The van der Waals surface area contributed by atoms with Gasteiger partial charge in [0.05, 0.1) is 13.7 Å². The molecular formula is C20H21IO2. The second kappa shape index (κ2) is 6.00. The number of fused-ring (bicyclic) bond motifs is 3. The molecule has 0 amide bonds. The number of hydrogen-bond donors (Lipinski definition) is 0. The molecule has 0 spiro atoms. The van der Waals surface area contributed by atoms with Crippen molar-refractivity contribution in [2.24, 2.45) is 5.41 Å². The van der Waals surface area contributed by atoms with Gasteiger partial charge in [-0.1, -0.05) is 52.9 Å². The summed E-state index contributed by atoms with van der Waals surface area (Å²) in [4.78, 5) is 0. The minimum absolute atomic E-state index is 0.367. The predicted octanol–water partition coefficient (Wildman–Crippen LogP) is 4.78. The lowest BCUT2D eigenvalue weighted by Crippen LogP contribution is -2.22. The summed E-state index contributed by atoms with van der Waals surface area (Å²) in [5.41, 5.74) is 4.34. The third-order valence-corrected chi connectivity index (χ3v) is 6.77. The topological polar surface area (TPSA) is 18.5 Å². The second-order valence-corrected chi connectivity index (χ2v) is 7.50. The van der Waals surface area contributed by atoms with Crippen LogP contribution in [0.4, 0.5) is 0 Å². The maximum Gasteiger partial charge on any atom is 0.126 e. The number of benzene rings is 2. The summed E-state index contributed by atoms with van der Waals surface area (Å²) >= 11 is 2.49. The van der Waals surface area contributed by atoms with Crippen LogP contribution in [0.2, 0.25) is 0 Å². The Bertz CT molecular complexity index is 696. The highest BCUT2D eigenvalue weighted by Gasteiger charge is 2.59. The fraction of sp³-hybridized carbons (Fsp3) is 0.400. The zero-order valence-electron chi connectivity index (χ0n) is 13.3. The fourth-order valence-electron chi connectivity index (χ4n) is 3.69. The van der Waals surface area contributed by atoms with Crippen LogP contribution in [0.1, 0.15) is 29.0 Å². The van der Waals surface area contributed by atoms with Gasteiger partial charge >= 0.3 is 0 Å². The molecule has 0 bridgehead atoms. The normalized spacial score (nSPS) is 24.3. The summed E-state index contributed by atoms with van der Waals surface area (Å²) in [5.74, 6) is 2.69. The summed E-state index contributed by atoms with van der Waals surface area (Å²) in [6.07, 6.45) is 3.30. The molecule has 2 aromatic carbocycles. The van der Waals surface area contributed by atoms with E-state index in [9.17, 15) is 0 Å². The molecule has 0 aromatic heterocycles. The highest BCUT2D eigenvalue weighted by atomic mass is 127. The Morgan fingerprint density at radius 2 is 1.96 bits per heavy atom. The van der Waals surface area contributed by atoms with E-state index >= 15 is 0 Å². The van der Waals surface area contributed by atoms with E-state index in [0.29, 0.717) is 11.3 Å². The number of methoxy groups -OCH3 is 1. The summed E-state index contributed by atoms with van der Waals surface area (Å²) in [5, 5.41) is 0. The van der Waals surface area contributed by atoms with E-state index in [1.807, 2.05) is 0 Å². The van der Waals surface area contributed by atoms with Gasteiger partial charge in [-0.3, -0.25) is 0 Å². The number of hydrogen-bond acceptors (Lipinski definition) is 2. The first-order valence-corrected chi connectivity index (χ1v) is 9.72. The zero-order valence-corrected chi connectivity index (χ0v) is 15.5. The lowest BCUT2D eigenvalue weighted by Gasteiger charge is -2.26. The van der Waals surface area contributed by atoms with Gasteiger partial charge in [0, 0.05) is 21.3 Å². The highest BCUT2D eigenvalue weighted by molar-refractivity contribution is 14.1. The van der Waals surface area contributed by atoms with Crippen molar-refractivity contribution in [2.75, 3.05) is 18.1 Å². The third-order valence-electron chi connectivity index (χ3n) is 5.25. The molecule has 1 aliphatic carbocycles. The van der Waals surface area contributed by atoms with Crippen LogP contribution in [0.5, 0.6) is 11.5 Å². The van der Waals surface area contributed by atoms with E-state index in [2.05, 4.69) is 65.1 Å². The molecule has 4 rings (SSSR count). The Labute approximate surface area is 151 Å². The molecule has 0 radical (unpaired) electrons. The molecule has 2 atom stereocenters. The van der Waals surface area contributed by atoms with Gasteiger partial charge in [0.25, 0.3) is 0 Å².